The van der Waals surface area contributed by atoms with Gasteiger partial charge in [-0.25, -0.2) is 4.79 Å². The van der Waals surface area contributed by atoms with Crippen LogP contribution in [0.5, 0.6) is 5.75 Å². The zero-order valence-electron chi connectivity index (χ0n) is 21.1. The molecule has 2 amide bonds. The van der Waals surface area contributed by atoms with Gasteiger partial charge < -0.3 is 15.0 Å². The molecule has 36 heavy (non-hydrogen) atoms. The molecule has 8 heteroatoms. The molecule has 0 aliphatic carbocycles. The molecule has 0 fully saturated rings. The molecular weight excluding hydrogens is 458 g/mol. The number of allylic oxidation sites excluding steroid dienone is 1. The second kappa shape index (κ2) is 14.4. The van der Waals surface area contributed by atoms with Crippen LogP contribution in [0.25, 0.3) is 5.53 Å². The molecule has 0 aliphatic rings. The lowest BCUT2D eigenvalue weighted by Gasteiger charge is -2.23. The molecule has 2 atom stereocenters. The van der Waals surface area contributed by atoms with Crippen molar-refractivity contribution in [3.63, 3.8) is 0 Å². The maximum Gasteiger partial charge on any atom is 0.463 e. The van der Waals surface area contributed by atoms with E-state index in [1.54, 1.807) is 38.3 Å². The average molecular weight is 492 g/mol. The number of imide groups is 1. The van der Waals surface area contributed by atoms with Crippen molar-refractivity contribution in [2.75, 3.05) is 13.7 Å². The van der Waals surface area contributed by atoms with Gasteiger partial charge in [-0.1, -0.05) is 55.5 Å². The number of carbonyl (C=O) groups is 3. The van der Waals surface area contributed by atoms with Crippen LogP contribution in [0.1, 0.15) is 37.8 Å². The van der Waals surface area contributed by atoms with E-state index >= 15 is 0 Å². The second-order valence-corrected chi connectivity index (χ2v) is 8.54. The van der Waals surface area contributed by atoms with Crippen molar-refractivity contribution >= 4 is 23.5 Å². The number of methoxy groups -OCH3 is 1. The molecule has 0 spiro atoms. The van der Waals surface area contributed by atoms with Crippen LogP contribution in [-0.2, 0) is 32.1 Å². The van der Waals surface area contributed by atoms with Crippen LogP contribution >= 0.6 is 0 Å². The summed E-state index contributed by atoms with van der Waals surface area (Å²) in [5, 5.41) is 0. The Hall–Kier alpha value is -4.03. The molecule has 2 rings (SSSR count). The largest absolute Gasteiger partial charge is 0.497 e. The minimum atomic E-state index is -1.09. The van der Waals surface area contributed by atoms with Crippen LogP contribution in [0.15, 0.2) is 67.3 Å². The van der Waals surface area contributed by atoms with Crippen LogP contribution in [-0.4, -0.2) is 46.9 Å². The van der Waals surface area contributed by atoms with E-state index in [9.17, 15) is 19.9 Å². The molecule has 0 bridgehead atoms. The highest BCUT2D eigenvalue weighted by Gasteiger charge is 2.38. The van der Waals surface area contributed by atoms with Gasteiger partial charge in [0.2, 0.25) is 5.91 Å². The summed E-state index contributed by atoms with van der Waals surface area (Å²) in [6.45, 7) is 7.36. The van der Waals surface area contributed by atoms with Crippen molar-refractivity contribution < 1.29 is 28.6 Å². The Morgan fingerprint density at radius 2 is 1.81 bits per heavy atom. The second-order valence-electron chi connectivity index (χ2n) is 8.54. The van der Waals surface area contributed by atoms with Crippen LogP contribution in [0, 0.1) is 11.8 Å². The summed E-state index contributed by atoms with van der Waals surface area (Å²) < 4.78 is 10.1. The normalized spacial score (nSPS) is 12.0. The van der Waals surface area contributed by atoms with Crippen molar-refractivity contribution in [1.29, 1.82) is 0 Å². The van der Waals surface area contributed by atoms with Crippen LogP contribution in [0.2, 0.25) is 0 Å². The highest BCUT2D eigenvalue weighted by atomic mass is 16.5. The zero-order valence-corrected chi connectivity index (χ0v) is 21.1. The standard InChI is InChI=1S/C28H33N3O5/c1-5-21(17-23-13-10-14-24(18-23)35-4)15-20(3)16-25(32)31(19-22-11-8-7-9-12-22)27(33)26(30-29)28(34)36-6-2/h5,7-14,18,20-21H,1,6,15-17,19H2,2-4H3/t20-,21+/m1/s1. The fourth-order valence-corrected chi connectivity index (χ4v) is 3.91. The smallest absolute Gasteiger partial charge is 0.463 e. The lowest BCUT2D eigenvalue weighted by Crippen LogP contribution is -2.44. The first-order valence-electron chi connectivity index (χ1n) is 11.9. The first kappa shape index (κ1) is 28.2. The fraction of sp³-hybridized carbons (Fsp3) is 0.357. The SMILES string of the molecule is C=C[C@H](Cc1cccc(OC)c1)C[C@@H](C)CC(=O)N(Cc1ccccc1)C(=O)C(=[N+]=[N-])C(=O)OCC. The van der Waals surface area contributed by atoms with Gasteiger partial charge in [0.05, 0.1) is 20.3 Å². The first-order chi connectivity index (χ1) is 17.3. The van der Waals surface area contributed by atoms with Gasteiger partial charge in [-0.3, -0.25) is 14.5 Å². The number of benzene rings is 2. The van der Waals surface area contributed by atoms with Gasteiger partial charge in [-0.2, -0.15) is 4.79 Å². The van der Waals surface area contributed by atoms with Crippen molar-refractivity contribution in [1.82, 2.24) is 4.90 Å². The minimum Gasteiger partial charge on any atom is -0.497 e. The Morgan fingerprint density at radius 3 is 2.42 bits per heavy atom. The molecule has 0 aliphatic heterocycles. The molecule has 2 aromatic rings. The molecule has 2 aromatic carbocycles. The monoisotopic (exact) mass is 491 g/mol. The number of ether oxygens (including phenoxy) is 2. The third-order valence-corrected chi connectivity index (χ3v) is 5.69. The third-order valence-electron chi connectivity index (χ3n) is 5.69. The number of carbonyl (C=O) groups excluding carboxylic acids is 3. The molecule has 0 unspecified atom stereocenters. The quantitative estimate of drug-likeness (QED) is 0.104. The van der Waals surface area contributed by atoms with Crippen LogP contribution < -0.4 is 4.74 Å². The molecule has 0 heterocycles. The maximum absolute atomic E-state index is 13.3. The number of amides is 2. The van der Waals surface area contributed by atoms with Gasteiger partial charge in [0, 0.05) is 6.42 Å². The number of hydrogen-bond acceptors (Lipinski definition) is 5. The molecule has 190 valence electrons. The van der Waals surface area contributed by atoms with Gasteiger partial charge in [-0.15, -0.1) is 6.58 Å². The molecule has 0 N–H and O–H groups in total. The molecule has 0 saturated carbocycles. The van der Waals surface area contributed by atoms with E-state index in [2.05, 4.69) is 11.4 Å². The highest BCUT2D eigenvalue weighted by molar-refractivity contribution is 6.62. The Labute approximate surface area is 212 Å². The van der Waals surface area contributed by atoms with E-state index in [4.69, 9.17) is 9.47 Å². The van der Waals surface area contributed by atoms with E-state index in [0.717, 1.165) is 22.6 Å². The Balaban J connectivity index is 2.16. The Kier molecular flexibility index (Phi) is 11.3. The molecule has 8 nitrogen and oxygen atoms in total. The first-order valence-corrected chi connectivity index (χ1v) is 11.9. The summed E-state index contributed by atoms with van der Waals surface area (Å²) in [7, 11) is 1.62. The topological polar surface area (TPSA) is 109 Å². The number of hydrogen-bond donors (Lipinski definition) is 0. The molecule has 0 aromatic heterocycles. The predicted octanol–water partition coefficient (Wildman–Crippen LogP) is 4.25. The van der Waals surface area contributed by atoms with Gasteiger partial charge in [0.15, 0.2) is 0 Å². The highest BCUT2D eigenvalue weighted by Crippen LogP contribution is 2.24. The van der Waals surface area contributed by atoms with E-state index in [-0.39, 0.29) is 31.4 Å². The lowest BCUT2D eigenvalue weighted by molar-refractivity contribution is -0.148. The van der Waals surface area contributed by atoms with Gasteiger partial charge in [0.25, 0.3) is 0 Å². The Morgan fingerprint density at radius 1 is 1.11 bits per heavy atom. The third kappa shape index (κ3) is 8.32. The van der Waals surface area contributed by atoms with Gasteiger partial charge >= 0.3 is 17.6 Å². The fourth-order valence-electron chi connectivity index (χ4n) is 3.91. The maximum atomic E-state index is 13.3. The van der Waals surface area contributed by atoms with E-state index in [1.807, 2.05) is 43.3 Å². The average Bonchev–Trinajstić information content (AvgIpc) is 2.88. The number of esters is 1. The molecule has 0 radical (unpaired) electrons. The predicted molar refractivity (Wildman–Crippen MR) is 136 cm³/mol. The van der Waals surface area contributed by atoms with E-state index in [1.165, 1.54) is 0 Å². The summed E-state index contributed by atoms with van der Waals surface area (Å²) in [6, 6.07) is 16.7. The van der Waals surface area contributed by atoms with Gasteiger partial charge in [0.1, 0.15) is 5.75 Å². The van der Waals surface area contributed by atoms with Crippen LogP contribution in [0.4, 0.5) is 0 Å². The molecule has 0 saturated heterocycles. The van der Waals surface area contributed by atoms with Crippen molar-refractivity contribution in [2.24, 2.45) is 11.8 Å². The summed E-state index contributed by atoms with van der Waals surface area (Å²) >= 11 is 0. The van der Waals surface area contributed by atoms with Crippen molar-refractivity contribution in [3.8, 4) is 5.75 Å². The van der Waals surface area contributed by atoms with Crippen molar-refractivity contribution in [2.45, 2.75) is 39.7 Å². The van der Waals surface area contributed by atoms with Crippen molar-refractivity contribution in [3.05, 3.63) is 83.9 Å². The minimum absolute atomic E-state index is 0.00890. The zero-order chi connectivity index (χ0) is 26.5. The summed E-state index contributed by atoms with van der Waals surface area (Å²) in [6.07, 6.45) is 3.32. The molecular formula is C28H33N3O5. The van der Waals surface area contributed by atoms with Crippen LogP contribution in [0.3, 0.4) is 0 Å². The number of nitrogens with zero attached hydrogens (tertiary/aromatic N) is 3. The summed E-state index contributed by atoms with van der Waals surface area (Å²) in [5.74, 6) is -1.79. The number of rotatable bonds is 13. The van der Waals surface area contributed by atoms with Gasteiger partial charge in [-0.05, 0) is 54.9 Å². The van der Waals surface area contributed by atoms with E-state index < -0.39 is 23.5 Å². The summed E-state index contributed by atoms with van der Waals surface area (Å²) in [5.41, 5.74) is 10.3. The Bertz CT molecular complexity index is 1110. The summed E-state index contributed by atoms with van der Waals surface area (Å²) in [4.78, 5) is 42.3. The van der Waals surface area contributed by atoms with E-state index in [0.29, 0.717) is 12.0 Å². The lowest BCUT2D eigenvalue weighted by atomic mass is 9.88.